The van der Waals surface area contributed by atoms with Gasteiger partial charge in [-0.3, -0.25) is 14.5 Å². The number of ether oxygens (including phenoxy) is 1. The van der Waals surface area contributed by atoms with Gasteiger partial charge in [0.2, 0.25) is 0 Å². The molecule has 1 aromatic heterocycles. The highest BCUT2D eigenvalue weighted by Crippen LogP contribution is 2.44. The van der Waals surface area contributed by atoms with E-state index in [1.54, 1.807) is 49.6 Å². The Morgan fingerprint density at radius 1 is 1.06 bits per heavy atom. The SMILES string of the molecule is CCc1ccc2nc(N3C(=O)C(=O)C(=C(O)c4ccccc4)[C@@H]3c3cccc(OC)c3)sc2c1. The summed E-state index contributed by atoms with van der Waals surface area (Å²) < 4.78 is 6.32. The van der Waals surface area contributed by atoms with Gasteiger partial charge in [-0.1, -0.05) is 66.8 Å². The van der Waals surface area contributed by atoms with Crippen LogP contribution in [0.15, 0.2) is 78.4 Å². The molecule has 0 aliphatic carbocycles. The molecule has 2 heterocycles. The highest BCUT2D eigenvalue weighted by molar-refractivity contribution is 7.22. The Hall–Kier alpha value is -3.97. The van der Waals surface area contributed by atoms with Gasteiger partial charge in [-0.25, -0.2) is 4.98 Å². The minimum atomic E-state index is -0.846. The van der Waals surface area contributed by atoms with Gasteiger partial charge in [0.1, 0.15) is 11.5 Å². The van der Waals surface area contributed by atoms with Crippen LogP contribution in [0.4, 0.5) is 5.13 Å². The molecule has 1 N–H and O–H groups in total. The number of Topliss-reactive ketones (excluding diaryl/α,β-unsaturated/α-hetero) is 1. The topological polar surface area (TPSA) is 79.7 Å². The fourth-order valence-electron chi connectivity index (χ4n) is 4.19. The van der Waals surface area contributed by atoms with Gasteiger partial charge in [0.05, 0.1) is 28.9 Å². The molecule has 0 radical (unpaired) electrons. The lowest BCUT2D eigenvalue weighted by molar-refractivity contribution is -0.132. The number of carbonyl (C=O) groups is 2. The van der Waals surface area contributed by atoms with E-state index >= 15 is 0 Å². The maximum Gasteiger partial charge on any atom is 0.301 e. The van der Waals surface area contributed by atoms with Crippen molar-refractivity contribution in [3.8, 4) is 5.75 Å². The van der Waals surface area contributed by atoms with Gasteiger partial charge in [0.15, 0.2) is 5.13 Å². The average molecular weight is 471 g/mol. The zero-order valence-electron chi connectivity index (χ0n) is 18.7. The largest absolute Gasteiger partial charge is 0.507 e. The Kier molecular flexibility index (Phi) is 5.63. The predicted molar refractivity (Wildman–Crippen MR) is 133 cm³/mol. The van der Waals surface area contributed by atoms with E-state index < -0.39 is 17.7 Å². The lowest BCUT2D eigenvalue weighted by atomic mass is 9.95. The second-order valence-electron chi connectivity index (χ2n) is 7.96. The smallest absolute Gasteiger partial charge is 0.301 e. The number of aliphatic hydroxyl groups is 1. The first kappa shape index (κ1) is 21.9. The Labute approximate surface area is 200 Å². The zero-order chi connectivity index (χ0) is 23.8. The monoisotopic (exact) mass is 470 g/mol. The molecule has 1 aliphatic rings. The molecule has 1 fully saturated rings. The molecule has 1 amide bonds. The number of methoxy groups -OCH3 is 1. The Bertz CT molecular complexity index is 1440. The molecular formula is C27H22N2O4S. The zero-order valence-corrected chi connectivity index (χ0v) is 19.5. The van der Waals surface area contributed by atoms with Crippen LogP contribution in [0.25, 0.3) is 16.0 Å². The van der Waals surface area contributed by atoms with Crippen molar-refractivity contribution >= 4 is 44.1 Å². The number of hydrogen-bond acceptors (Lipinski definition) is 6. The number of benzene rings is 3. The average Bonchev–Trinajstić information content (AvgIpc) is 3.41. The van der Waals surface area contributed by atoms with Crippen molar-refractivity contribution in [3.05, 3.63) is 95.1 Å². The molecule has 170 valence electrons. The van der Waals surface area contributed by atoms with E-state index in [-0.39, 0.29) is 11.3 Å². The Balaban J connectivity index is 1.73. The number of aryl methyl sites for hydroxylation is 1. The number of aliphatic hydroxyl groups excluding tert-OH is 1. The number of ketones is 1. The summed E-state index contributed by atoms with van der Waals surface area (Å²) in [4.78, 5) is 32.7. The number of thiazole rings is 1. The summed E-state index contributed by atoms with van der Waals surface area (Å²) in [7, 11) is 1.55. The van der Waals surface area contributed by atoms with E-state index in [0.29, 0.717) is 22.0 Å². The summed E-state index contributed by atoms with van der Waals surface area (Å²) in [6, 6.07) is 21.1. The second kappa shape index (κ2) is 8.76. The van der Waals surface area contributed by atoms with Crippen LogP contribution in [0.3, 0.4) is 0 Å². The van der Waals surface area contributed by atoms with Crippen LogP contribution in [0.5, 0.6) is 5.75 Å². The minimum absolute atomic E-state index is 0.0259. The molecule has 5 rings (SSSR count). The predicted octanol–water partition coefficient (Wildman–Crippen LogP) is 5.49. The second-order valence-corrected chi connectivity index (χ2v) is 8.97. The van der Waals surface area contributed by atoms with E-state index in [1.165, 1.54) is 16.2 Å². The number of aromatic nitrogens is 1. The third-order valence-corrected chi connectivity index (χ3v) is 6.97. The van der Waals surface area contributed by atoms with Crippen LogP contribution in [-0.2, 0) is 16.0 Å². The summed E-state index contributed by atoms with van der Waals surface area (Å²) in [6.45, 7) is 2.08. The molecule has 0 spiro atoms. The van der Waals surface area contributed by atoms with Gasteiger partial charge >= 0.3 is 5.91 Å². The number of carbonyl (C=O) groups excluding carboxylic acids is 2. The van der Waals surface area contributed by atoms with Crippen molar-refractivity contribution in [1.29, 1.82) is 0 Å². The van der Waals surface area contributed by atoms with E-state index in [9.17, 15) is 14.7 Å². The number of rotatable bonds is 5. The van der Waals surface area contributed by atoms with E-state index in [1.807, 2.05) is 24.3 Å². The summed E-state index contributed by atoms with van der Waals surface area (Å²) in [5, 5.41) is 11.6. The first-order valence-electron chi connectivity index (χ1n) is 10.9. The summed E-state index contributed by atoms with van der Waals surface area (Å²) >= 11 is 1.35. The number of hydrogen-bond donors (Lipinski definition) is 1. The number of nitrogens with zero attached hydrogens (tertiary/aromatic N) is 2. The fraction of sp³-hybridized carbons (Fsp3) is 0.148. The number of fused-ring (bicyclic) bond motifs is 1. The maximum atomic E-state index is 13.4. The molecule has 34 heavy (non-hydrogen) atoms. The van der Waals surface area contributed by atoms with Crippen LogP contribution in [-0.4, -0.2) is 28.9 Å². The molecule has 6 nitrogen and oxygen atoms in total. The maximum absolute atomic E-state index is 13.4. The molecule has 0 bridgehead atoms. The van der Waals surface area contributed by atoms with Crippen LogP contribution in [0.2, 0.25) is 0 Å². The lowest BCUT2D eigenvalue weighted by Crippen LogP contribution is -2.29. The molecule has 3 aromatic carbocycles. The molecule has 0 unspecified atom stereocenters. The van der Waals surface area contributed by atoms with E-state index in [2.05, 4.69) is 18.0 Å². The van der Waals surface area contributed by atoms with Crippen molar-refractivity contribution in [2.24, 2.45) is 0 Å². The lowest BCUT2D eigenvalue weighted by Gasteiger charge is -2.23. The quantitative estimate of drug-likeness (QED) is 0.237. The van der Waals surface area contributed by atoms with Crippen molar-refractivity contribution in [2.75, 3.05) is 12.0 Å². The first-order valence-corrected chi connectivity index (χ1v) is 11.7. The molecule has 4 aromatic rings. The van der Waals surface area contributed by atoms with Crippen molar-refractivity contribution in [3.63, 3.8) is 0 Å². The number of amides is 1. The van der Waals surface area contributed by atoms with Crippen LogP contribution in [0, 0.1) is 0 Å². The standard InChI is InChI=1S/C27H22N2O4S/c1-3-16-12-13-20-21(14-16)34-27(28-20)29-23(18-10-7-11-19(15-18)33-2)22(25(31)26(29)32)24(30)17-8-5-4-6-9-17/h4-15,23,30H,3H2,1-2H3/t23-/m0/s1. The van der Waals surface area contributed by atoms with Crippen molar-refractivity contribution in [1.82, 2.24) is 4.98 Å². The van der Waals surface area contributed by atoms with Crippen LogP contribution < -0.4 is 9.64 Å². The van der Waals surface area contributed by atoms with Gasteiger partial charge in [0, 0.05) is 5.56 Å². The van der Waals surface area contributed by atoms with Gasteiger partial charge in [-0.15, -0.1) is 0 Å². The molecule has 1 saturated heterocycles. The summed E-state index contributed by atoms with van der Waals surface area (Å²) in [6.07, 6.45) is 0.884. The summed E-state index contributed by atoms with van der Waals surface area (Å²) in [5.74, 6) is -1.11. The van der Waals surface area contributed by atoms with E-state index in [0.717, 1.165) is 22.2 Å². The molecule has 0 saturated carbocycles. The number of anilines is 1. The highest BCUT2D eigenvalue weighted by Gasteiger charge is 2.48. The van der Waals surface area contributed by atoms with Crippen molar-refractivity contribution in [2.45, 2.75) is 19.4 Å². The molecule has 1 atom stereocenters. The highest BCUT2D eigenvalue weighted by atomic mass is 32.1. The summed E-state index contributed by atoms with van der Waals surface area (Å²) in [5.41, 5.74) is 3.05. The third-order valence-electron chi connectivity index (χ3n) is 5.96. The Morgan fingerprint density at radius 2 is 1.85 bits per heavy atom. The fourth-order valence-corrected chi connectivity index (χ4v) is 5.24. The molecular weight excluding hydrogens is 448 g/mol. The van der Waals surface area contributed by atoms with Crippen molar-refractivity contribution < 1.29 is 19.4 Å². The van der Waals surface area contributed by atoms with E-state index in [4.69, 9.17) is 4.74 Å². The first-order chi connectivity index (χ1) is 16.5. The minimum Gasteiger partial charge on any atom is -0.507 e. The van der Waals surface area contributed by atoms with Gasteiger partial charge in [0.25, 0.3) is 5.78 Å². The van der Waals surface area contributed by atoms with Gasteiger partial charge in [-0.2, -0.15) is 0 Å². The molecule has 7 heteroatoms. The molecule has 1 aliphatic heterocycles. The van der Waals surface area contributed by atoms with Crippen LogP contribution >= 0.6 is 11.3 Å². The normalized spacial score (nSPS) is 17.5. The van der Waals surface area contributed by atoms with Crippen LogP contribution in [0.1, 0.15) is 29.7 Å². The van der Waals surface area contributed by atoms with Gasteiger partial charge < -0.3 is 9.84 Å². The third kappa shape index (κ3) is 3.64. The Morgan fingerprint density at radius 3 is 2.59 bits per heavy atom. The van der Waals surface area contributed by atoms with Gasteiger partial charge in [-0.05, 0) is 41.8 Å².